The van der Waals surface area contributed by atoms with Crippen molar-refractivity contribution in [1.29, 1.82) is 0 Å². The van der Waals surface area contributed by atoms with Crippen LogP contribution in [0.5, 0.6) is 0 Å². The molecule has 0 atom stereocenters. The first-order valence-electron chi connectivity index (χ1n) is 8.55. The van der Waals surface area contributed by atoms with E-state index in [2.05, 4.69) is 14.9 Å². The molecular weight excluding hydrogens is 381 g/mol. The number of halogens is 4. The number of aromatic nitrogens is 2. The molecule has 9 heteroatoms. The number of piperidine rings is 1. The van der Waals surface area contributed by atoms with Gasteiger partial charge >= 0.3 is 6.18 Å². The lowest BCUT2D eigenvalue weighted by molar-refractivity contribution is -0.141. The lowest BCUT2D eigenvalue weighted by Crippen LogP contribution is -2.39. The van der Waals surface area contributed by atoms with Crippen molar-refractivity contribution in [3.05, 3.63) is 30.1 Å². The predicted octanol–water partition coefficient (Wildman–Crippen LogP) is 3.77. The zero-order valence-electron chi connectivity index (χ0n) is 15.2. The summed E-state index contributed by atoms with van der Waals surface area (Å²) >= 11 is 0. The minimum absolute atomic E-state index is 0. The van der Waals surface area contributed by atoms with Crippen LogP contribution in [0.1, 0.15) is 25.5 Å². The van der Waals surface area contributed by atoms with E-state index in [4.69, 9.17) is 0 Å². The van der Waals surface area contributed by atoms with E-state index in [1.165, 1.54) is 18.3 Å². The monoisotopic (exact) mass is 402 g/mol. The Morgan fingerprint density at radius 3 is 2.52 bits per heavy atom. The van der Waals surface area contributed by atoms with Crippen molar-refractivity contribution in [1.82, 2.24) is 14.9 Å². The Bertz CT molecular complexity index is 807. The number of anilines is 1. The molecule has 0 N–H and O–H groups in total. The number of carbonyl (C=O) groups is 1. The third-order valence-corrected chi connectivity index (χ3v) is 4.87. The first kappa shape index (κ1) is 21.2. The highest BCUT2D eigenvalue weighted by molar-refractivity contribution is 5.89. The second-order valence-corrected chi connectivity index (χ2v) is 6.73. The Balaban J connectivity index is 0.00000261. The summed E-state index contributed by atoms with van der Waals surface area (Å²) in [5.41, 5.74) is -0.601. The van der Waals surface area contributed by atoms with Crippen LogP contribution >= 0.6 is 12.4 Å². The Kier molecular flexibility index (Phi) is 6.51. The second-order valence-electron chi connectivity index (χ2n) is 6.73. The summed E-state index contributed by atoms with van der Waals surface area (Å²) in [6.45, 7) is 3.78. The molecule has 2 aromatic heterocycles. The molecule has 0 aromatic carbocycles. The molecule has 0 aliphatic carbocycles. The SMILES string of the molecule is CC(=O)N(C)CC1CCN(c2nccc3nc(C(F)(F)F)ccc23)CC1.Cl. The minimum Gasteiger partial charge on any atom is -0.356 e. The van der Waals surface area contributed by atoms with Crippen molar-refractivity contribution in [2.45, 2.75) is 25.9 Å². The van der Waals surface area contributed by atoms with E-state index in [0.29, 0.717) is 22.6 Å². The maximum atomic E-state index is 12.9. The van der Waals surface area contributed by atoms with Gasteiger partial charge in [0.2, 0.25) is 5.91 Å². The van der Waals surface area contributed by atoms with Crippen molar-refractivity contribution in [3.8, 4) is 0 Å². The molecule has 1 aliphatic heterocycles. The van der Waals surface area contributed by atoms with Crippen LogP contribution in [-0.2, 0) is 11.0 Å². The van der Waals surface area contributed by atoms with Crippen molar-refractivity contribution >= 4 is 35.0 Å². The quantitative estimate of drug-likeness (QED) is 0.784. The van der Waals surface area contributed by atoms with Gasteiger partial charge in [-0.25, -0.2) is 9.97 Å². The summed E-state index contributed by atoms with van der Waals surface area (Å²) in [7, 11) is 1.80. The number of rotatable bonds is 3. The number of fused-ring (bicyclic) bond motifs is 1. The van der Waals surface area contributed by atoms with Crippen LogP contribution in [0.2, 0.25) is 0 Å². The van der Waals surface area contributed by atoms with Gasteiger partial charge in [-0.1, -0.05) is 0 Å². The summed E-state index contributed by atoms with van der Waals surface area (Å²) in [5, 5.41) is 0.625. The zero-order valence-corrected chi connectivity index (χ0v) is 16.0. The fourth-order valence-corrected chi connectivity index (χ4v) is 3.29. The van der Waals surface area contributed by atoms with E-state index in [1.807, 2.05) is 0 Å². The number of hydrogen-bond donors (Lipinski definition) is 0. The lowest BCUT2D eigenvalue weighted by Gasteiger charge is -2.34. The van der Waals surface area contributed by atoms with Gasteiger partial charge in [0.15, 0.2) is 0 Å². The van der Waals surface area contributed by atoms with Crippen LogP contribution in [0.3, 0.4) is 0 Å². The van der Waals surface area contributed by atoms with Crippen LogP contribution in [0, 0.1) is 5.92 Å². The van der Waals surface area contributed by atoms with Crippen molar-refractivity contribution in [2.24, 2.45) is 5.92 Å². The Hall–Kier alpha value is -2.09. The van der Waals surface area contributed by atoms with Gasteiger partial charge in [0.05, 0.1) is 5.52 Å². The topological polar surface area (TPSA) is 49.3 Å². The van der Waals surface area contributed by atoms with E-state index in [-0.39, 0.29) is 18.3 Å². The van der Waals surface area contributed by atoms with E-state index in [0.717, 1.165) is 38.5 Å². The van der Waals surface area contributed by atoms with Crippen LogP contribution in [0.25, 0.3) is 10.9 Å². The molecule has 0 saturated carbocycles. The number of nitrogens with zero attached hydrogens (tertiary/aromatic N) is 4. The van der Waals surface area contributed by atoms with Gasteiger partial charge < -0.3 is 9.80 Å². The normalized spacial score (nSPS) is 15.5. The van der Waals surface area contributed by atoms with E-state index < -0.39 is 11.9 Å². The van der Waals surface area contributed by atoms with E-state index in [1.54, 1.807) is 18.9 Å². The average molecular weight is 403 g/mol. The van der Waals surface area contributed by atoms with E-state index >= 15 is 0 Å². The number of pyridine rings is 2. The molecule has 2 aromatic rings. The van der Waals surface area contributed by atoms with Crippen LogP contribution in [-0.4, -0.2) is 47.5 Å². The molecule has 0 radical (unpaired) electrons. The van der Waals surface area contributed by atoms with Crippen molar-refractivity contribution in [3.63, 3.8) is 0 Å². The predicted molar refractivity (Wildman–Crippen MR) is 100 cm³/mol. The summed E-state index contributed by atoms with van der Waals surface area (Å²) < 4.78 is 38.6. The number of hydrogen-bond acceptors (Lipinski definition) is 4. The maximum absolute atomic E-state index is 12.9. The number of alkyl halides is 3. The molecule has 0 bridgehead atoms. The Labute approximate surface area is 162 Å². The highest BCUT2D eigenvalue weighted by Gasteiger charge is 2.33. The summed E-state index contributed by atoms with van der Waals surface area (Å²) in [6.07, 6.45) is -1.15. The standard InChI is InChI=1S/C18H21F3N4O.ClH/c1-12(26)24(2)11-13-6-9-25(10-7-13)17-14-3-4-16(18(19,20)21)23-15(14)5-8-22-17;/h3-5,8,13H,6-7,9-11H2,1-2H3;1H. The highest BCUT2D eigenvalue weighted by Crippen LogP contribution is 2.32. The first-order chi connectivity index (χ1) is 12.3. The van der Waals surface area contributed by atoms with Crippen LogP contribution < -0.4 is 4.90 Å². The van der Waals surface area contributed by atoms with E-state index in [9.17, 15) is 18.0 Å². The lowest BCUT2D eigenvalue weighted by atomic mass is 9.96. The third-order valence-electron chi connectivity index (χ3n) is 4.87. The molecule has 1 amide bonds. The Morgan fingerprint density at radius 1 is 1.26 bits per heavy atom. The Morgan fingerprint density at radius 2 is 1.93 bits per heavy atom. The molecule has 3 rings (SSSR count). The molecule has 0 unspecified atom stereocenters. The summed E-state index contributed by atoms with van der Waals surface area (Å²) in [5.74, 6) is 1.14. The van der Waals surface area contributed by atoms with Gasteiger partial charge in [-0.05, 0) is 37.0 Å². The minimum atomic E-state index is -4.46. The van der Waals surface area contributed by atoms with Crippen LogP contribution in [0.4, 0.5) is 19.0 Å². The molecule has 27 heavy (non-hydrogen) atoms. The van der Waals surface area contributed by atoms with Crippen molar-refractivity contribution < 1.29 is 18.0 Å². The van der Waals surface area contributed by atoms with Gasteiger partial charge in [0.1, 0.15) is 11.5 Å². The molecule has 3 heterocycles. The summed E-state index contributed by atoms with van der Waals surface area (Å²) in [6, 6.07) is 3.95. The van der Waals surface area contributed by atoms with Gasteiger partial charge in [0.25, 0.3) is 0 Å². The third kappa shape index (κ3) is 4.80. The molecule has 1 aliphatic rings. The zero-order chi connectivity index (χ0) is 18.9. The second kappa shape index (κ2) is 8.29. The maximum Gasteiger partial charge on any atom is 0.433 e. The molecule has 1 saturated heterocycles. The average Bonchev–Trinajstić information content (AvgIpc) is 2.60. The number of amides is 1. The fourth-order valence-electron chi connectivity index (χ4n) is 3.29. The largest absolute Gasteiger partial charge is 0.433 e. The molecule has 0 spiro atoms. The van der Waals surface area contributed by atoms with Gasteiger partial charge in [-0.2, -0.15) is 13.2 Å². The molecule has 5 nitrogen and oxygen atoms in total. The fraction of sp³-hybridized carbons (Fsp3) is 0.500. The smallest absolute Gasteiger partial charge is 0.356 e. The molecular formula is C18H22ClF3N4O. The first-order valence-corrected chi connectivity index (χ1v) is 8.55. The van der Waals surface area contributed by atoms with Gasteiger partial charge in [-0.3, -0.25) is 4.79 Å². The molecule has 148 valence electrons. The van der Waals surface area contributed by atoms with Crippen molar-refractivity contribution in [2.75, 3.05) is 31.6 Å². The van der Waals surface area contributed by atoms with Gasteiger partial charge in [0, 0.05) is 45.2 Å². The highest BCUT2D eigenvalue weighted by atomic mass is 35.5. The van der Waals surface area contributed by atoms with Crippen LogP contribution in [0.15, 0.2) is 24.4 Å². The van der Waals surface area contributed by atoms with Gasteiger partial charge in [-0.15, -0.1) is 12.4 Å². The number of carbonyl (C=O) groups excluding carboxylic acids is 1. The summed E-state index contributed by atoms with van der Waals surface area (Å²) in [4.78, 5) is 23.3. The molecule has 1 fully saturated rings.